The number of fused-ring (bicyclic) bond motifs is 1. The smallest absolute Gasteiger partial charge is 0.322 e. The van der Waals surface area contributed by atoms with Gasteiger partial charge in [0.25, 0.3) is 0 Å². The zero-order valence-electron chi connectivity index (χ0n) is 11.0. The van der Waals surface area contributed by atoms with Gasteiger partial charge < -0.3 is 5.11 Å². The number of nitrogens with zero attached hydrogens (tertiary/aromatic N) is 1. The highest BCUT2D eigenvalue weighted by molar-refractivity contribution is 7.89. The number of rotatable bonds is 3. The first-order valence-corrected chi connectivity index (χ1v) is 8.25. The molecule has 1 N–H and O–H groups in total. The first-order chi connectivity index (χ1) is 9.51. The molecular formula is C14H17NO4S. The first kappa shape index (κ1) is 13.6. The van der Waals surface area contributed by atoms with Gasteiger partial charge in [0.15, 0.2) is 0 Å². The molecule has 1 aromatic rings. The molecule has 2 aliphatic rings. The van der Waals surface area contributed by atoms with E-state index in [-0.39, 0.29) is 16.7 Å². The van der Waals surface area contributed by atoms with Gasteiger partial charge in [0.05, 0.1) is 4.90 Å². The van der Waals surface area contributed by atoms with Crippen LogP contribution in [0.3, 0.4) is 0 Å². The van der Waals surface area contributed by atoms with Crippen LogP contribution >= 0.6 is 0 Å². The van der Waals surface area contributed by atoms with Gasteiger partial charge in [-0.3, -0.25) is 4.79 Å². The van der Waals surface area contributed by atoms with Crippen molar-refractivity contribution in [2.24, 2.45) is 11.8 Å². The average Bonchev–Trinajstić information content (AvgIpc) is 2.99. The molecule has 3 unspecified atom stereocenters. The Labute approximate surface area is 118 Å². The molecule has 1 heterocycles. The van der Waals surface area contributed by atoms with Gasteiger partial charge in [-0.05, 0) is 36.8 Å². The second-order valence-electron chi connectivity index (χ2n) is 5.53. The van der Waals surface area contributed by atoms with Crippen LogP contribution in [0.5, 0.6) is 0 Å². The number of carboxylic acids is 1. The standard InChI is InChI=1S/C14H17NO4S/c16-14(17)13-12-8-4-5-10(12)9-15(13)20(18,19)11-6-2-1-3-7-11/h1-3,6-7,10,12-13H,4-5,8-9H2,(H,16,17). The Balaban J connectivity index is 1.99. The molecular weight excluding hydrogens is 278 g/mol. The first-order valence-electron chi connectivity index (χ1n) is 6.81. The zero-order chi connectivity index (χ0) is 14.3. The van der Waals surface area contributed by atoms with Crippen LogP contribution in [-0.4, -0.2) is 36.4 Å². The van der Waals surface area contributed by atoms with Crippen molar-refractivity contribution >= 4 is 16.0 Å². The lowest BCUT2D eigenvalue weighted by atomic mass is 9.94. The SMILES string of the molecule is O=C(O)C1C2CCCC2CN1S(=O)(=O)c1ccccc1. The van der Waals surface area contributed by atoms with Crippen LogP contribution in [0.4, 0.5) is 0 Å². The van der Waals surface area contributed by atoms with Gasteiger partial charge in [-0.15, -0.1) is 0 Å². The van der Waals surface area contributed by atoms with Crippen LogP contribution in [0, 0.1) is 11.8 Å². The molecule has 0 bridgehead atoms. The largest absolute Gasteiger partial charge is 0.480 e. The van der Waals surface area contributed by atoms with Gasteiger partial charge >= 0.3 is 5.97 Å². The van der Waals surface area contributed by atoms with Gasteiger partial charge in [-0.2, -0.15) is 4.31 Å². The topological polar surface area (TPSA) is 74.7 Å². The number of sulfonamides is 1. The van der Waals surface area contributed by atoms with Crippen LogP contribution < -0.4 is 0 Å². The highest BCUT2D eigenvalue weighted by Gasteiger charge is 2.52. The van der Waals surface area contributed by atoms with E-state index < -0.39 is 22.0 Å². The number of aliphatic carboxylic acids is 1. The van der Waals surface area contributed by atoms with Crippen molar-refractivity contribution in [3.05, 3.63) is 30.3 Å². The molecule has 6 heteroatoms. The summed E-state index contributed by atoms with van der Waals surface area (Å²) < 4.78 is 26.5. The molecule has 1 saturated carbocycles. The maximum atomic E-state index is 12.6. The van der Waals surface area contributed by atoms with Crippen LogP contribution in [-0.2, 0) is 14.8 Å². The summed E-state index contributed by atoms with van der Waals surface area (Å²) in [6, 6.07) is 7.17. The van der Waals surface area contributed by atoms with Crippen molar-refractivity contribution in [2.45, 2.75) is 30.2 Å². The molecule has 0 radical (unpaired) electrons. The minimum absolute atomic E-state index is 0.0361. The molecule has 1 saturated heterocycles. The summed E-state index contributed by atoms with van der Waals surface area (Å²) in [6.45, 7) is 0.332. The third-order valence-corrected chi connectivity index (χ3v) is 6.31. The van der Waals surface area contributed by atoms with Crippen LogP contribution in [0.15, 0.2) is 35.2 Å². The fourth-order valence-corrected chi connectivity index (χ4v) is 5.25. The third kappa shape index (κ3) is 2.03. The highest BCUT2D eigenvalue weighted by Crippen LogP contribution is 2.44. The molecule has 0 amide bonds. The van der Waals surface area contributed by atoms with E-state index in [2.05, 4.69) is 0 Å². The van der Waals surface area contributed by atoms with Crippen molar-refractivity contribution in [1.82, 2.24) is 4.31 Å². The van der Waals surface area contributed by atoms with Crippen molar-refractivity contribution in [1.29, 1.82) is 0 Å². The Kier molecular flexibility index (Phi) is 3.30. The summed E-state index contributed by atoms with van der Waals surface area (Å²) in [5, 5.41) is 9.43. The van der Waals surface area contributed by atoms with Gasteiger partial charge in [0, 0.05) is 6.54 Å². The molecule has 20 heavy (non-hydrogen) atoms. The summed E-state index contributed by atoms with van der Waals surface area (Å²) in [5.41, 5.74) is 0. The third-order valence-electron chi connectivity index (χ3n) is 4.45. The predicted molar refractivity (Wildman–Crippen MR) is 72.6 cm³/mol. The molecule has 108 valence electrons. The second kappa shape index (κ2) is 4.86. The Morgan fingerprint density at radius 2 is 1.90 bits per heavy atom. The molecule has 2 fully saturated rings. The van der Waals surface area contributed by atoms with Crippen molar-refractivity contribution in [3.63, 3.8) is 0 Å². The Bertz CT molecular complexity index is 613. The minimum Gasteiger partial charge on any atom is -0.480 e. The number of hydrogen-bond acceptors (Lipinski definition) is 3. The molecule has 0 aromatic heterocycles. The summed E-state index contributed by atoms with van der Waals surface area (Å²) in [4.78, 5) is 11.7. The quantitative estimate of drug-likeness (QED) is 0.918. The van der Waals surface area contributed by atoms with Gasteiger partial charge in [0.2, 0.25) is 10.0 Å². The van der Waals surface area contributed by atoms with E-state index in [0.29, 0.717) is 6.54 Å². The van der Waals surface area contributed by atoms with E-state index in [1.807, 2.05) is 0 Å². The Hall–Kier alpha value is -1.40. The number of hydrogen-bond donors (Lipinski definition) is 1. The zero-order valence-corrected chi connectivity index (χ0v) is 11.8. The average molecular weight is 295 g/mol. The lowest BCUT2D eigenvalue weighted by Gasteiger charge is -2.23. The Morgan fingerprint density at radius 1 is 1.20 bits per heavy atom. The highest BCUT2D eigenvalue weighted by atomic mass is 32.2. The lowest BCUT2D eigenvalue weighted by Crippen LogP contribution is -2.43. The summed E-state index contributed by atoms with van der Waals surface area (Å²) in [6.07, 6.45) is 2.73. The number of carbonyl (C=O) groups is 1. The van der Waals surface area contributed by atoms with E-state index >= 15 is 0 Å². The molecule has 3 atom stereocenters. The molecule has 5 nitrogen and oxygen atoms in total. The van der Waals surface area contributed by atoms with Crippen LogP contribution in [0.1, 0.15) is 19.3 Å². The predicted octanol–water partition coefficient (Wildman–Crippen LogP) is 1.56. The monoisotopic (exact) mass is 295 g/mol. The molecule has 1 aliphatic heterocycles. The van der Waals surface area contributed by atoms with E-state index in [1.54, 1.807) is 18.2 Å². The van der Waals surface area contributed by atoms with E-state index in [0.717, 1.165) is 19.3 Å². The van der Waals surface area contributed by atoms with Crippen molar-refractivity contribution in [3.8, 4) is 0 Å². The lowest BCUT2D eigenvalue weighted by molar-refractivity contribution is -0.142. The van der Waals surface area contributed by atoms with Crippen LogP contribution in [0.25, 0.3) is 0 Å². The van der Waals surface area contributed by atoms with E-state index in [1.165, 1.54) is 16.4 Å². The van der Waals surface area contributed by atoms with Crippen molar-refractivity contribution in [2.75, 3.05) is 6.54 Å². The van der Waals surface area contributed by atoms with Gasteiger partial charge in [-0.25, -0.2) is 8.42 Å². The maximum absolute atomic E-state index is 12.6. The molecule has 0 spiro atoms. The molecule has 3 rings (SSSR count). The van der Waals surface area contributed by atoms with Crippen molar-refractivity contribution < 1.29 is 18.3 Å². The summed E-state index contributed by atoms with van der Waals surface area (Å²) >= 11 is 0. The maximum Gasteiger partial charge on any atom is 0.322 e. The number of benzene rings is 1. The number of carboxylic acid groups (broad SMARTS) is 1. The van der Waals surface area contributed by atoms with Gasteiger partial charge in [0.1, 0.15) is 6.04 Å². The van der Waals surface area contributed by atoms with Gasteiger partial charge in [-0.1, -0.05) is 24.6 Å². The minimum atomic E-state index is -3.72. The molecule has 1 aliphatic carbocycles. The molecule has 1 aromatic carbocycles. The fraction of sp³-hybridized carbons (Fsp3) is 0.500. The summed E-state index contributed by atoms with van der Waals surface area (Å²) in [7, 11) is -3.72. The summed E-state index contributed by atoms with van der Waals surface area (Å²) in [5.74, 6) is -0.875. The fourth-order valence-electron chi connectivity index (χ4n) is 3.55. The van der Waals surface area contributed by atoms with E-state index in [9.17, 15) is 18.3 Å². The van der Waals surface area contributed by atoms with E-state index in [4.69, 9.17) is 0 Å². The second-order valence-corrected chi connectivity index (χ2v) is 7.42. The van der Waals surface area contributed by atoms with Crippen LogP contribution in [0.2, 0.25) is 0 Å². The Morgan fingerprint density at radius 3 is 2.55 bits per heavy atom. The normalized spacial score (nSPS) is 30.3.